The molecule has 6 nitrogen and oxygen atoms in total. The summed E-state index contributed by atoms with van der Waals surface area (Å²) in [6, 6.07) is 0. The smallest absolute Gasteiger partial charge is 0.330 e. The number of hydrogen-bond acceptors (Lipinski definition) is 3. The average Bonchev–Trinajstić information content (AvgIpc) is 2.98. The van der Waals surface area contributed by atoms with Crippen LogP contribution >= 0.6 is 0 Å². The monoisotopic (exact) mass is 320 g/mol. The van der Waals surface area contributed by atoms with Gasteiger partial charge in [-0.25, -0.2) is 4.79 Å². The second kappa shape index (κ2) is 6.34. The summed E-state index contributed by atoms with van der Waals surface area (Å²) in [7, 11) is 0. The van der Waals surface area contributed by atoms with Gasteiger partial charge in [-0.05, 0) is 38.5 Å². The Kier molecular flexibility index (Phi) is 4.41. The highest BCUT2D eigenvalue weighted by Crippen LogP contribution is 2.46. The Balaban J connectivity index is 1.80. The van der Waals surface area contributed by atoms with Crippen LogP contribution in [-0.2, 0) is 14.4 Å². The summed E-state index contributed by atoms with van der Waals surface area (Å²) < 4.78 is 0. The molecule has 0 aromatic carbocycles. The standard InChI is InChI=1S/C17H24N2O4/c20-14-12-7-5-8-13(12)15(21)19-17(16(22)23)10-11(17)6-3-1-2-4-9-18-14/h3,6,11-13H,1-2,4-5,7-10H2,(H,18,20)(H,19,21)(H,22,23). The molecule has 4 atom stereocenters. The van der Waals surface area contributed by atoms with Gasteiger partial charge in [-0.2, -0.15) is 0 Å². The fourth-order valence-electron chi connectivity index (χ4n) is 3.85. The summed E-state index contributed by atoms with van der Waals surface area (Å²) in [4.78, 5) is 36.5. The molecule has 23 heavy (non-hydrogen) atoms. The van der Waals surface area contributed by atoms with E-state index >= 15 is 0 Å². The number of carbonyl (C=O) groups excluding carboxylic acids is 2. The summed E-state index contributed by atoms with van der Waals surface area (Å²) in [6.45, 7) is 0.639. The van der Waals surface area contributed by atoms with Gasteiger partial charge in [-0.15, -0.1) is 0 Å². The Labute approximate surface area is 135 Å². The number of fused-ring (bicyclic) bond motifs is 2. The number of carboxylic acids is 1. The van der Waals surface area contributed by atoms with Gasteiger partial charge >= 0.3 is 5.97 Å². The Morgan fingerprint density at radius 1 is 1.13 bits per heavy atom. The lowest BCUT2D eigenvalue weighted by atomic mass is 9.93. The third-order valence-corrected chi connectivity index (χ3v) is 5.40. The molecule has 0 saturated heterocycles. The predicted octanol–water partition coefficient (Wildman–Crippen LogP) is 1.22. The van der Waals surface area contributed by atoms with Crippen molar-refractivity contribution in [1.29, 1.82) is 0 Å². The molecule has 1 aliphatic heterocycles. The molecule has 2 fully saturated rings. The maximum Gasteiger partial charge on any atom is 0.330 e. The van der Waals surface area contributed by atoms with Gasteiger partial charge in [0.05, 0.1) is 0 Å². The van der Waals surface area contributed by atoms with Crippen LogP contribution in [0.3, 0.4) is 0 Å². The first-order valence-corrected chi connectivity index (χ1v) is 8.54. The molecule has 1 heterocycles. The second-order valence-corrected chi connectivity index (χ2v) is 6.94. The number of carbonyl (C=O) groups is 3. The Bertz CT molecular complexity index is 545. The molecule has 2 saturated carbocycles. The van der Waals surface area contributed by atoms with E-state index in [1.54, 1.807) is 0 Å². The summed E-state index contributed by atoms with van der Waals surface area (Å²) in [5, 5.41) is 15.2. The molecule has 0 radical (unpaired) electrons. The van der Waals surface area contributed by atoms with Crippen molar-refractivity contribution >= 4 is 17.8 Å². The summed E-state index contributed by atoms with van der Waals surface area (Å²) >= 11 is 0. The number of aliphatic carboxylic acids is 1. The van der Waals surface area contributed by atoms with Crippen LogP contribution in [-0.4, -0.2) is 35.0 Å². The number of amides is 2. The molecule has 2 amide bonds. The molecule has 126 valence electrons. The van der Waals surface area contributed by atoms with Crippen LogP contribution in [0.15, 0.2) is 12.2 Å². The predicted molar refractivity (Wildman–Crippen MR) is 83.4 cm³/mol. The number of carboxylic acid groups (broad SMARTS) is 1. The van der Waals surface area contributed by atoms with Crippen LogP contribution in [0, 0.1) is 17.8 Å². The number of hydrogen-bond donors (Lipinski definition) is 3. The maximum absolute atomic E-state index is 12.6. The van der Waals surface area contributed by atoms with Crippen LogP contribution in [0.1, 0.15) is 44.9 Å². The van der Waals surface area contributed by atoms with E-state index in [9.17, 15) is 19.5 Å². The van der Waals surface area contributed by atoms with Crippen molar-refractivity contribution in [2.45, 2.75) is 50.5 Å². The minimum atomic E-state index is -1.17. The van der Waals surface area contributed by atoms with Crippen LogP contribution in [0.25, 0.3) is 0 Å². The van der Waals surface area contributed by atoms with Crippen LogP contribution in [0.5, 0.6) is 0 Å². The Morgan fingerprint density at radius 3 is 2.61 bits per heavy atom. The van der Waals surface area contributed by atoms with Crippen molar-refractivity contribution in [1.82, 2.24) is 10.6 Å². The minimum Gasteiger partial charge on any atom is -0.479 e. The van der Waals surface area contributed by atoms with E-state index in [2.05, 4.69) is 10.6 Å². The Hall–Kier alpha value is -1.85. The molecule has 3 rings (SSSR count). The second-order valence-electron chi connectivity index (χ2n) is 6.94. The van der Waals surface area contributed by atoms with Crippen molar-refractivity contribution in [2.75, 3.05) is 6.54 Å². The Morgan fingerprint density at radius 2 is 1.87 bits per heavy atom. The SMILES string of the molecule is O=C1NCCCCC=CC2CC2(C(=O)O)NC(=O)C2CCCC12. The quantitative estimate of drug-likeness (QED) is 0.633. The largest absolute Gasteiger partial charge is 0.479 e. The van der Waals surface area contributed by atoms with Crippen LogP contribution < -0.4 is 10.6 Å². The van der Waals surface area contributed by atoms with Gasteiger partial charge < -0.3 is 15.7 Å². The molecule has 0 aromatic heterocycles. The molecular formula is C17H24N2O4. The van der Waals surface area contributed by atoms with Crippen LogP contribution in [0.2, 0.25) is 0 Å². The molecular weight excluding hydrogens is 296 g/mol. The van der Waals surface area contributed by atoms with Gasteiger partial charge in [0, 0.05) is 24.3 Å². The molecule has 4 unspecified atom stereocenters. The van der Waals surface area contributed by atoms with Crippen molar-refractivity contribution in [3.05, 3.63) is 12.2 Å². The molecule has 6 heteroatoms. The summed E-state index contributed by atoms with van der Waals surface area (Å²) in [6.07, 6.45) is 9.26. The normalized spacial score (nSPS) is 37.8. The lowest BCUT2D eigenvalue weighted by Crippen LogP contribution is -2.49. The zero-order chi connectivity index (χ0) is 16.4. The first-order valence-electron chi connectivity index (χ1n) is 8.54. The van der Waals surface area contributed by atoms with Crippen molar-refractivity contribution in [2.24, 2.45) is 17.8 Å². The first-order chi connectivity index (χ1) is 11.0. The third-order valence-electron chi connectivity index (χ3n) is 5.40. The van der Waals surface area contributed by atoms with E-state index in [0.29, 0.717) is 25.8 Å². The van der Waals surface area contributed by atoms with Crippen LogP contribution in [0.4, 0.5) is 0 Å². The number of nitrogens with one attached hydrogen (secondary N) is 2. The fourth-order valence-corrected chi connectivity index (χ4v) is 3.85. The topological polar surface area (TPSA) is 95.5 Å². The lowest BCUT2D eigenvalue weighted by molar-refractivity contribution is -0.144. The molecule has 0 aromatic rings. The van der Waals surface area contributed by atoms with E-state index in [4.69, 9.17) is 0 Å². The van der Waals surface area contributed by atoms with E-state index in [1.165, 1.54) is 0 Å². The molecule has 3 N–H and O–H groups in total. The van der Waals surface area contributed by atoms with Gasteiger partial charge in [0.15, 0.2) is 0 Å². The average molecular weight is 320 g/mol. The number of rotatable bonds is 1. The van der Waals surface area contributed by atoms with Gasteiger partial charge in [-0.1, -0.05) is 18.6 Å². The van der Waals surface area contributed by atoms with Crippen molar-refractivity contribution in [3.8, 4) is 0 Å². The molecule has 2 aliphatic carbocycles. The fraction of sp³-hybridized carbons (Fsp3) is 0.706. The third kappa shape index (κ3) is 3.12. The highest BCUT2D eigenvalue weighted by Gasteiger charge is 2.61. The number of allylic oxidation sites excluding steroid dienone is 1. The summed E-state index contributed by atoms with van der Waals surface area (Å²) in [5.41, 5.74) is -1.17. The van der Waals surface area contributed by atoms with Gasteiger partial charge in [-0.3, -0.25) is 9.59 Å². The van der Waals surface area contributed by atoms with E-state index in [0.717, 1.165) is 25.7 Å². The van der Waals surface area contributed by atoms with Gasteiger partial charge in [0.25, 0.3) is 0 Å². The van der Waals surface area contributed by atoms with Gasteiger partial charge in [0.2, 0.25) is 11.8 Å². The van der Waals surface area contributed by atoms with Crippen molar-refractivity contribution < 1.29 is 19.5 Å². The highest BCUT2D eigenvalue weighted by atomic mass is 16.4. The van der Waals surface area contributed by atoms with E-state index in [-0.39, 0.29) is 23.7 Å². The summed E-state index contributed by atoms with van der Waals surface area (Å²) in [5.74, 6) is -2.19. The molecule has 0 spiro atoms. The van der Waals surface area contributed by atoms with E-state index < -0.39 is 17.4 Å². The molecule has 3 aliphatic rings. The molecule has 0 bridgehead atoms. The zero-order valence-corrected chi connectivity index (χ0v) is 13.2. The maximum atomic E-state index is 12.6. The van der Waals surface area contributed by atoms with Gasteiger partial charge in [0.1, 0.15) is 5.54 Å². The highest BCUT2D eigenvalue weighted by molar-refractivity contribution is 5.94. The van der Waals surface area contributed by atoms with E-state index in [1.807, 2.05) is 12.2 Å². The van der Waals surface area contributed by atoms with Crippen molar-refractivity contribution in [3.63, 3.8) is 0 Å². The first kappa shape index (κ1) is 16.0. The zero-order valence-electron chi connectivity index (χ0n) is 13.2. The minimum absolute atomic E-state index is 0.0630. The lowest BCUT2D eigenvalue weighted by Gasteiger charge is -2.22.